The van der Waals surface area contributed by atoms with Gasteiger partial charge in [-0.05, 0) is 25.7 Å². The first-order chi connectivity index (χ1) is 18.3. The van der Waals surface area contributed by atoms with Gasteiger partial charge in [0.15, 0.2) is 0 Å². The normalized spacial score (nSPS) is 14.4. The molecule has 0 aliphatic rings. The maximum absolute atomic E-state index is 12.6. The largest absolute Gasteiger partial charge is 0.478 e. The summed E-state index contributed by atoms with van der Waals surface area (Å²) in [6.45, 7) is 8.08. The summed E-state index contributed by atoms with van der Waals surface area (Å²) in [5.41, 5.74) is 0. The second-order valence-corrected chi connectivity index (χ2v) is 10.6. The number of nitrogens with zero attached hydrogens (tertiary/aromatic N) is 3. The Bertz CT molecular complexity index is 571. The van der Waals surface area contributed by atoms with Crippen LogP contribution in [0.1, 0.15) is 156 Å². The Balaban J connectivity index is 4.99. The highest BCUT2D eigenvalue weighted by Gasteiger charge is 2.42. The van der Waals surface area contributed by atoms with Gasteiger partial charge in [0.2, 0.25) is 12.2 Å². The van der Waals surface area contributed by atoms with Gasteiger partial charge in [0, 0.05) is 22.7 Å². The Morgan fingerprint density at radius 2 is 0.789 bits per heavy atom. The van der Waals surface area contributed by atoms with Crippen LogP contribution in [0.5, 0.6) is 0 Å². The summed E-state index contributed by atoms with van der Waals surface area (Å²) in [4.78, 5) is 46.4. The predicted octanol–water partition coefficient (Wildman–Crippen LogP) is 8.54. The molecule has 0 amide bonds. The van der Waals surface area contributed by atoms with Crippen molar-refractivity contribution >= 4 is 0 Å². The lowest BCUT2D eigenvalue weighted by Gasteiger charge is -2.18. The molecule has 0 saturated heterocycles. The zero-order valence-corrected chi connectivity index (χ0v) is 24.7. The number of rotatable bonds is 28. The molecule has 4 unspecified atom stereocenters. The third kappa shape index (κ3) is 17.5. The van der Waals surface area contributed by atoms with Crippen molar-refractivity contribution in [2.75, 3.05) is 0 Å². The van der Waals surface area contributed by atoms with Crippen LogP contribution in [-0.2, 0) is 9.68 Å². The van der Waals surface area contributed by atoms with E-state index in [1.54, 1.807) is 0 Å². The summed E-state index contributed by atoms with van der Waals surface area (Å²) >= 11 is 0. The molecule has 0 aromatic heterocycles. The number of hydrogen-bond donors (Lipinski definition) is 0. The molecular formula is C28H56N3O7+. The molecule has 0 aliphatic heterocycles. The Labute approximate surface area is 230 Å². The van der Waals surface area contributed by atoms with Crippen LogP contribution in [0, 0.1) is 25.1 Å². The van der Waals surface area contributed by atoms with Gasteiger partial charge in [0.1, 0.15) is 4.91 Å². The van der Waals surface area contributed by atoms with Crippen LogP contribution in [-0.4, -0.2) is 39.2 Å². The van der Waals surface area contributed by atoms with Gasteiger partial charge in [-0.15, -0.1) is 0 Å². The standard InChI is InChI=1S/C28H56N3O7/c1-5-9-11-13-15-17-19-23-25(29(32)33)27(21-7-3)37-31(36)38-28(22-8-4)26(30(34)35)24-20-18-16-14-12-10-6-2/h25-28H,5-24H2,1-4H3/q+1. The average Bonchev–Trinajstić information content (AvgIpc) is 2.86. The van der Waals surface area contributed by atoms with Gasteiger partial charge in [-0.2, -0.15) is 9.68 Å². The molecule has 10 heteroatoms. The van der Waals surface area contributed by atoms with Gasteiger partial charge in [-0.1, -0.05) is 118 Å². The second kappa shape index (κ2) is 24.1. The Kier molecular flexibility index (Phi) is 22.8. The molecule has 0 N–H and O–H groups in total. The fraction of sp³-hybridized carbons (Fsp3) is 1.00. The van der Waals surface area contributed by atoms with Gasteiger partial charge in [-0.25, -0.2) is 0 Å². The van der Waals surface area contributed by atoms with Crippen molar-refractivity contribution in [3.63, 3.8) is 0 Å². The van der Waals surface area contributed by atoms with E-state index in [0.29, 0.717) is 51.4 Å². The lowest BCUT2D eigenvalue weighted by Crippen LogP contribution is -2.42. The zero-order valence-electron chi connectivity index (χ0n) is 24.7. The third-order valence-corrected chi connectivity index (χ3v) is 7.20. The Hall–Kier alpha value is -2.00. The molecular weight excluding hydrogens is 490 g/mol. The molecule has 0 radical (unpaired) electrons. The average molecular weight is 547 g/mol. The van der Waals surface area contributed by atoms with E-state index in [2.05, 4.69) is 13.8 Å². The minimum atomic E-state index is -1.02. The SMILES string of the molecule is CCCCCCCCCC(C(CCC)O[N+](=O)OC(CCC)C(CCCCCCCCC)[N+](=O)[O-])[N+](=O)[O-]. The van der Waals surface area contributed by atoms with E-state index in [9.17, 15) is 25.1 Å². The minimum Gasteiger partial charge on any atom is -0.264 e. The maximum atomic E-state index is 12.6. The number of unbranched alkanes of at least 4 members (excludes halogenated alkanes) is 12. The van der Waals surface area contributed by atoms with Crippen LogP contribution in [0.2, 0.25) is 0 Å². The fourth-order valence-corrected chi connectivity index (χ4v) is 4.92. The van der Waals surface area contributed by atoms with Crippen molar-refractivity contribution in [3.05, 3.63) is 25.1 Å². The van der Waals surface area contributed by atoms with E-state index >= 15 is 0 Å². The van der Waals surface area contributed by atoms with Gasteiger partial charge in [-0.3, -0.25) is 20.2 Å². The minimum absolute atomic E-state index is 0.0802. The predicted molar refractivity (Wildman–Crippen MR) is 150 cm³/mol. The number of hydrogen-bond acceptors (Lipinski definition) is 7. The van der Waals surface area contributed by atoms with Gasteiger partial charge >= 0.3 is 5.09 Å². The first-order valence-corrected chi connectivity index (χ1v) is 15.4. The summed E-state index contributed by atoms with van der Waals surface area (Å²) in [6, 6.07) is -2.04. The molecule has 38 heavy (non-hydrogen) atoms. The van der Waals surface area contributed by atoms with Crippen molar-refractivity contribution in [2.24, 2.45) is 0 Å². The first-order valence-electron chi connectivity index (χ1n) is 15.4. The molecule has 10 nitrogen and oxygen atoms in total. The van der Waals surface area contributed by atoms with E-state index in [0.717, 1.165) is 38.5 Å². The van der Waals surface area contributed by atoms with E-state index in [-0.39, 0.29) is 14.9 Å². The molecule has 0 rings (SSSR count). The highest BCUT2D eigenvalue weighted by molar-refractivity contribution is 4.70. The summed E-state index contributed by atoms with van der Waals surface area (Å²) in [7, 11) is 0. The summed E-state index contributed by atoms with van der Waals surface area (Å²) in [5, 5.41) is 23.6. The summed E-state index contributed by atoms with van der Waals surface area (Å²) in [5.74, 6) is 0. The van der Waals surface area contributed by atoms with Crippen LogP contribution in [0.15, 0.2) is 0 Å². The molecule has 0 heterocycles. The molecule has 0 spiro atoms. The molecule has 0 aliphatic carbocycles. The Morgan fingerprint density at radius 1 is 0.474 bits per heavy atom. The fourth-order valence-electron chi connectivity index (χ4n) is 4.92. The van der Waals surface area contributed by atoms with Gasteiger partial charge in [0.05, 0.1) is 0 Å². The molecule has 0 saturated carbocycles. The van der Waals surface area contributed by atoms with Crippen LogP contribution >= 0.6 is 0 Å². The number of nitro groups is 2. The molecule has 4 atom stereocenters. The van der Waals surface area contributed by atoms with E-state index < -0.39 is 24.3 Å². The van der Waals surface area contributed by atoms with Crippen molar-refractivity contribution in [1.29, 1.82) is 0 Å². The third-order valence-electron chi connectivity index (χ3n) is 7.20. The van der Waals surface area contributed by atoms with Crippen molar-refractivity contribution < 1.29 is 24.6 Å². The molecule has 0 bridgehead atoms. The van der Waals surface area contributed by atoms with E-state index in [4.69, 9.17) is 9.68 Å². The maximum Gasteiger partial charge on any atom is 0.478 e. The van der Waals surface area contributed by atoms with Gasteiger partial charge in [0.25, 0.3) is 12.1 Å². The van der Waals surface area contributed by atoms with Crippen molar-refractivity contribution in [3.8, 4) is 0 Å². The van der Waals surface area contributed by atoms with Crippen LogP contribution in [0.25, 0.3) is 0 Å². The van der Waals surface area contributed by atoms with E-state index in [1.165, 1.54) is 38.5 Å². The lowest BCUT2D eigenvalue weighted by molar-refractivity contribution is -0.997. The van der Waals surface area contributed by atoms with Crippen molar-refractivity contribution in [1.82, 2.24) is 0 Å². The lowest BCUT2D eigenvalue weighted by atomic mass is 9.99. The van der Waals surface area contributed by atoms with Crippen LogP contribution < -0.4 is 0 Å². The summed E-state index contributed by atoms with van der Waals surface area (Å²) < 4.78 is 0. The van der Waals surface area contributed by atoms with Crippen LogP contribution in [0.3, 0.4) is 0 Å². The van der Waals surface area contributed by atoms with E-state index in [1.807, 2.05) is 13.8 Å². The monoisotopic (exact) mass is 546 g/mol. The van der Waals surface area contributed by atoms with Crippen molar-refractivity contribution in [2.45, 2.75) is 180 Å². The first kappa shape index (κ1) is 36.0. The smallest absolute Gasteiger partial charge is 0.264 e. The highest BCUT2D eigenvalue weighted by Crippen LogP contribution is 2.21. The molecule has 224 valence electrons. The summed E-state index contributed by atoms with van der Waals surface area (Å²) in [6.07, 6.45) is 15.3. The quantitative estimate of drug-likeness (QED) is 0.0546. The zero-order chi connectivity index (χ0) is 28.6. The second-order valence-electron chi connectivity index (χ2n) is 10.6. The topological polar surface area (TPSA) is 125 Å². The highest BCUT2D eigenvalue weighted by atomic mass is 17.0. The molecule has 0 aromatic carbocycles. The van der Waals surface area contributed by atoms with Gasteiger partial charge < -0.3 is 0 Å². The van der Waals surface area contributed by atoms with Crippen LogP contribution in [0.4, 0.5) is 0 Å². The molecule has 0 aromatic rings. The Morgan fingerprint density at radius 3 is 1.08 bits per heavy atom. The molecule has 0 fully saturated rings.